The monoisotopic (exact) mass is 346 g/mol. The molecule has 6 nitrogen and oxygen atoms in total. The molecule has 2 rings (SSSR count). The summed E-state index contributed by atoms with van der Waals surface area (Å²) in [7, 11) is -3.24. The Morgan fingerprint density at radius 3 is 2.82 bits per heavy atom. The lowest BCUT2D eigenvalue weighted by Gasteiger charge is -2.21. The smallest absolute Gasteiger partial charge is 0.253 e. The van der Waals surface area contributed by atoms with Crippen LogP contribution in [0.1, 0.15) is 29.6 Å². The first-order valence-corrected chi connectivity index (χ1v) is 9.27. The van der Waals surface area contributed by atoms with Gasteiger partial charge in [-0.15, -0.1) is 0 Å². The molecule has 1 fully saturated rings. The van der Waals surface area contributed by atoms with Crippen LogP contribution in [-0.4, -0.2) is 38.3 Å². The van der Waals surface area contributed by atoms with E-state index in [0.717, 1.165) is 25.5 Å². The number of phenolic OH excluding ortho intramolecular Hbond substituents is 1. The number of rotatable bonds is 5. The molecule has 2 atom stereocenters. The first-order chi connectivity index (χ1) is 10.3. The predicted molar refractivity (Wildman–Crippen MR) is 84.6 cm³/mol. The minimum Gasteiger partial charge on any atom is -0.508 e. The molecule has 0 heterocycles. The molecule has 1 aliphatic carbocycles. The Balaban J connectivity index is 2.02. The van der Waals surface area contributed by atoms with Crippen molar-refractivity contribution in [3.05, 3.63) is 28.8 Å². The van der Waals surface area contributed by atoms with Crippen molar-refractivity contribution in [2.24, 2.45) is 5.92 Å². The summed E-state index contributed by atoms with van der Waals surface area (Å²) in [5.41, 5.74) is 0.211. The van der Waals surface area contributed by atoms with Crippen LogP contribution in [-0.2, 0) is 10.0 Å². The van der Waals surface area contributed by atoms with Crippen molar-refractivity contribution < 1.29 is 18.3 Å². The second-order valence-corrected chi connectivity index (χ2v) is 7.80. The molecule has 0 bridgehead atoms. The Bertz CT molecular complexity index is 663. The Kier molecular flexibility index (Phi) is 5.31. The predicted octanol–water partition coefficient (Wildman–Crippen LogP) is 1.49. The average molecular weight is 347 g/mol. The summed E-state index contributed by atoms with van der Waals surface area (Å²) in [6.07, 6.45) is 3.68. The summed E-state index contributed by atoms with van der Waals surface area (Å²) in [5.74, 6) is -0.344. The van der Waals surface area contributed by atoms with Crippen LogP contribution in [0.25, 0.3) is 0 Å². The lowest BCUT2D eigenvalue weighted by atomic mass is 10.0. The fraction of sp³-hybridized carbons (Fsp3) is 0.500. The van der Waals surface area contributed by atoms with Crippen molar-refractivity contribution in [2.45, 2.75) is 25.3 Å². The second kappa shape index (κ2) is 6.85. The molecule has 0 radical (unpaired) electrons. The van der Waals surface area contributed by atoms with Crippen LogP contribution in [0.3, 0.4) is 0 Å². The summed E-state index contributed by atoms with van der Waals surface area (Å²) in [6, 6.07) is 4.08. The van der Waals surface area contributed by atoms with Crippen molar-refractivity contribution in [1.29, 1.82) is 0 Å². The first kappa shape index (κ1) is 17.1. The number of benzene rings is 1. The zero-order valence-corrected chi connectivity index (χ0v) is 13.7. The van der Waals surface area contributed by atoms with E-state index in [-0.39, 0.29) is 34.2 Å². The van der Waals surface area contributed by atoms with E-state index in [2.05, 4.69) is 10.0 Å². The fourth-order valence-corrected chi connectivity index (χ4v) is 3.38. The number of nitrogens with one attached hydrogen (secondary N) is 2. The maximum Gasteiger partial charge on any atom is 0.253 e. The molecule has 1 saturated carbocycles. The zero-order chi connectivity index (χ0) is 16.3. The normalized spacial score (nSPS) is 21.7. The van der Waals surface area contributed by atoms with E-state index in [4.69, 9.17) is 11.6 Å². The van der Waals surface area contributed by atoms with Crippen molar-refractivity contribution in [2.75, 3.05) is 12.8 Å². The largest absolute Gasteiger partial charge is 0.508 e. The van der Waals surface area contributed by atoms with Crippen LogP contribution in [0.4, 0.5) is 0 Å². The van der Waals surface area contributed by atoms with Gasteiger partial charge in [-0.3, -0.25) is 4.79 Å². The molecule has 0 aliphatic heterocycles. The first-order valence-electron chi connectivity index (χ1n) is 7.00. The molecule has 8 heteroatoms. The number of aromatic hydroxyl groups is 1. The highest BCUT2D eigenvalue weighted by Gasteiger charge is 2.29. The molecule has 1 aromatic carbocycles. The third-order valence-electron chi connectivity index (χ3n) is 3.78. The fourth-order valence-electron chi connectivity index (χ4n) is 2.66. The molecule has 0 spiro atoms. The van der Waals surface area contributed by atoms with Crippen molar-refractivity contribution in [3.8, 4) is 5.75 Å². The van der Waals surface area contributed by atoms with Gasteiger partial charge >= 0.3 is 0 Å². The van der Waals surface area contributed by atoms with Gasteiger partial charge in [0, 0.05) is 12.6 Å². The van der Waals surface area contributed by atoms with Gasteiger partial charge in [0.15, 0.2) is 0 Å². The molecule has 2 unspecified atom stereocenters. The Labute approximate surface area is 134 Å². The minimum atomic E-state index is -3.24. The van der Waals surface area contributed by atoms with Crippen LogP contribution in [0.5, 0.6) is 5.75 Å². The number of sulfonamides is 1. The van der Waals surface area contributed by atoms with Gasteiger partial charge in [-0.05, 0) is 37.0 Å². The van der Waals surface area contributed by atoms with E-state index in [0.29, 0.717) is 6.54 Å². The molecule has 1 amide bonds. The Morgan fingerprint density at radius 2 is 2.14 bits per heavy atom. The van der Waals surface area contributed by atoms with Crippen molar-refractivity contribution >= 4 is 27.5 Å². The number of halogens is 1. The number of hydrogen-bond donors (Lipinski definition) is 3. The molecule has 1 aliphatic rings. The van der Waals surface area contributed by atoms with Crippen LogP contribution in [0, 0.1) is 5.92 Å². The highest BCUT2D eigenvalue weighted by atomic mass is 35.5. The molecule has 22 heavy (non-hydrogen) atoms. The minimum absolute atomic E-state index is 0.0312. The summed E-state index contributed by atoms with van der Waals surface area (Å²) in [4.78, 5) is 12.3. The standard InChI is InChI=1S/C14H19ClN2O4S/c1-22(20,21)16-8-9-3-2-4-13(9)17-14(19)11-7-10(18)5-6-12(11)15/h5-7,9,13,16,18H,2-4,8H2,1H3,(H,17,19). The molecule has 1 aromatic rings. The van der Waals surface area contributed by atoms with Crippen molar-refractivity contribution in [1.82, 2.24) is 10.0 Å². The molecule has 0 aromatic heterocycles. The van der Waals surface area contributed by atoms with Gasteiger partial charge in [0.05, 0.1) is 16.8 Å². The number of carbonyl (C=O) groups excluding carboxylic acids is 1. The molecule has 0 saturated heterocycles. The van der Waals surface area contributed by atoms with E-state index in [9.17, 15) is 18.3 Å². The summed E-state index contributed by atoms with van der Waals surface area (Å²) < 4.78 is 24.8. The molecular formula is C14H19ClN2O4S. The Hall–Kier alpha value is -1.31. The van der Waals surface area contributed by atoms with Crippen LogP contribution in [0.2, 0.25) is 5.02 Å². The van der Waals surface area contributed by atoms with Crippen LogP contribution >= 0.6 is 11.6 Å². The highest BCUT2D eigenvalue weighted by Crippen LogP contribution is 2.27. The van der Waals surface area contributed by atoms with Gasteiger partial charge in [0.1, 0.15) is 5.75 Å². The highest BCUT2D eigenvalue weighted by molar-refractivity contribution is 7.88. The topological polar surface area (TPSA) is 95.5 Å². The van der Waals surface area contributed by atoms with Gasteiger partial charge in [-0.2, -0.15) is 0 Å². The number of phenols is 1. The van der Waals surface area contributed by atoms with Gasteiger partial charge in [0.2, 0.25) is 10.0 Å². The van der Waals surface area contributed by atoms with Gasteiger partial charge in [0.25, 0.3) is 5.91 Å². The number of carbonyl (C=O) groups is 1. The zero-order valence-electron chi connectivity index (χ0n) is 12.2. The quantitative estimate of drug-likeness (QED) is 0.752. The second-order valence-electron chi connectivity index (χ2n) is 5.56. The van der Waals surface area contributed by atoms with Gasteiger partial charge in [-0.25, -0.2) is 13.1 Å². The van der Waals surface area contributed by atoms with Crippen molar-refractivity contribution in [3.63, 3.8) is 0 Å². The summed E-state index contributed by atoms with van der Waals surface area (Å²) in [5, 5.41) is 12.6. The maximum atomic E-state index is 12.3. The molecular weight excluding hydrogens is 328 g/mol. The summed E-state index contributed by atoms with van der Waals surface area (Å²) in [6.45, 7) is 0.303. The maximum absolute atomic E-state index is 12.3. The van der Waals surface area contributed by atoms with Gasteiger partial charge < -0.3 is 10.4 Å². The molecule has 3 N–H and O–H groups in total. The van der Waals surface area contributed by atoms with Crippen LogP contribution < -0.4 is 10.0 Å². The third kappa shape index (κ3) is 4.59. The lowest BCUT2D eigenvalue weighted by Crippen LogP contribution is -2.41. The molecule has 122 valence electrons. The van der Waals surface area contributed by atoms with E-state index in [1.54, 1.807) is 0 Å². The van der Waals surface area contributed by atoms with Crippen LogP contribution in [0.15, 0.2) is 18.2 Å². The summed E-state index contributed by atoms with van der Waals surface area (Å²) >= 11 is 5.97. The van der Waals surface area contributed by atoms with E-state index in [1.807, 2.05) is 0 Å². The number of hydrogen-bond acceptors (Lipinski definition) is 4. The van der Waals surface area contributed by atoms with E-state index >= 15 is 0 Å². The third-order valence-corrected chi connectivity index (χ3v) is 4.80. The lowest BCUT2D eigenvalue weighted by molar-refractivity contribution is 0.0928. The average Bonchev–Trinajstić information content (AvgIpc) is 2.85. The van der Waals surface area contributed by atoms with E-state index in [1.165, 1.54) is 18.2 Å². The Morgan fingerprint density at radius 1 is 1.41 bits per heavy atom. The van der Waals surface area contributed by atoms with Gasteiger partial charge in [-0.1, -0.05) is 18.0 Å². The SMILES string of the molecule is CS(=O)(=O)NCC1CCCC1NC(=O)c1cc(O)ccc1Cl. The van der Waals surface area contributed by atoms with E-state index < -0.39 is 10.0 Å². The number of amides is 1.